The van der Waals surface area contributed by atoms with Gasteiger partial charge in [0.15, 0.2) is 0 Å². The second kappa shape index (κ2) is 16.1. The Bertz CT molecular complexity index is 1820. The van der Waals surface area contributed by atoms with Gasteiger partial charge in [0.05, 0.1) is 22.7 Å². The maximum absolute atomic E-state index is 14.7. The normalized spacial score (nSPS) is 13.9. The number of anilines is 1. The minimum absolute atomic E-state index is 0.0203. The summed E-state index contributed by atoms with van der Waals surface area (Å²) in [5.41, 5.74) is 1.40. The highest BCUT2D eigenvalue weighted by molar-refractivity contribution is 7.92. The van der Waals surface area contributed by atoms with Crippen molar-refractivity contribution in [2.45, 2.75) is 55.6 Å². The Hall–Kier alpha value is -3.76. The van der Waals surface area contributed by atoms with E-state index in [9.17, 15) is 18.0 Å². The van der Waals surface area contributed by atoms with Crippen molar-refractivity contribution in [3.8, 4) is 5.75 Å². The summed E-state index contributed by atoms with van der Waals surface area (Å²) in [6.45, 7) is -0.792. The van der Waals surface area contributed by atoms with Crippen molar-refractivity contribution in [1.29, 1.82) is 0 Å². The summed E-state index contributed by atoms with van der Waals surface area (Å²) in [6, 6.07) is 25.6. The lowest BCUT2D eigenvalue weighted by Gasteiger charge is -2.34. The predicted octanol–water partition coefficient (Wildman–Crippen LogP) is 7.55. The second-order valence-electron chi connectivity index (χ2n) is 11.6. The number of rotatable bonds is 13. The molecule has 8 nitrogen and oxygen atoms in total. The molecule has 0 heterocycles. The van der Waals surface area contributed by atoms with Gasteiger partial charge in [0, 0.05) is 34.6 Å². The maximum atomic E-state index is 14.7. The fourth-order valence-corrected chi connectivity index (χ4v) is 8.03. The van der Waals surface area contributed by atoms with Crippen molar-refractivity contribution in [2.24, 2.45) is 0 Å². The van der Waals surface area contributed by atoms with E-state index >= 15 is 0 Å². The van der Waals surface area contributed by atoms with E-state index in [0.29, 0.717) is 21.4 Å². The number of nitrogens with one attached hydrogen (secondary N) is 1. The summed E-state index contributed by atoms with van der Waals surface area (Å²) in [4.78, 5) is 30.2. The third-order valence-electron chi connectivity index (χ3n) is 8.40. The van der Waals surface area contributed by atoms with Crippen LogP contribution in [0.5, 0.6) is 5.75 Å². The molecule has 0 aromatic heterocycles. The number of nitrogens with zero attached hydrogens (tertiary/aromatic N) is 2. The molecule has 0 radical (unpaired) electrons. The number of methoxy groups -OCH3 is 1. The highest BCUT2D eigenvalue weighted by atomic mass is 35.5. The predicted molar refractivity (Wildman–Crippen MR) is 190 cm³/mol. The highest BCUT2D eigenvalue weighted by Crippen LogP contribution is 2.33. The van der Waals surface area contributed by atoms with Crippen molar-refractivity contribution in [2.75, 3.05) is 18.0 Å². The van der Waals surface area contributed by atoms with Gasteiger partial charge >= 0.3 is 0 Å². The first kappa shape index (κ1) is 35.5. The minimum atomic E-state index is -4.30. The summed E-state index contributed by atoms with van der Waals surface area (Å²) < 4.78 is 34.7. The average Bonchev–Trinajstić information content (AvgIpc) is 3.60. The smallest absolute Gasteiger partial charge is 0.264 e. The Kier molecular flexibility index (Phi) is 11.9. The molecule has 48 heavy (non-hydrogen) atoms. The molecule has 1 atom stereocenters. The number of amides is 2. The first-order valence-electron chi connectivity index (χ1n) is 15.6. The average molecular weight is 729 g/mol. The summed E-state index contributed by atoms with van der Waals surface area (Å²) in [5.74, 6) is -0.641. The van der Waals surface area contributed by atoms with Gasteiger partial charge in [-0.15, -0.1) is 0 Å². The number of sulfonamides is 1. The summed E-state index contributed by atoms with van der Waals surface area (Å²) in [7, 11) is -2.85. The van der Waals surface area contributed by atoms with E-state index in [0.717, 1.165) is 35.6 Å². The molecule has 4 aromatic carbocycles. The van der Waals surface area contributed by atoms with Gasteiger partial charge in [0.2, 0.25) is 11.8 Å². The lowest BCUT2D eigenvalue weighted by molar-refractivity contribution is -0.140. The molecule has 4 aromatic rings. The van der Waals surface area contributed by atoms with E-state index < -0.39 is 28.5 Å². The molecule has 1 N–H and O–H groups in total. The number of halogens is 3. The number of benzene rings is 4. The van der Waals surface area contributed by atoms with Crippen molar-refractivity contribution < 1.29 is 22.7 Å². The van der Waals surface area contributed by atoms with E-state index in [1.54, 1.807) is 36.4 Å². The Balaban J connectivity index is 1.60. The van der Waals surface area contributed by atoms with Crippen molar-refractivity contribution in [3.63, 3.8) is 0 Å². The van der Waals surface area contributed by atoms with Crippen LogP contribution in [0.2, 0.25) is 15.1 Å². The van der Waals surface area contributed by atoms with Gasteiger partial charge in [-0.3, -0.25) is 13.9 Å². The lowest BCUT2D eigenvalue weighted by Crippen LogP contribution is -2.54. The number of hydrogen-bond acceptors (Lipinski definition) is 5. The standard InChI is InChI=1S/C36H36Cl3N3O5S/c1-47-34-20-19-27(22-32(34)39)42(48(45,46)28-15-6-3-7-16-28)24-35(43)41(23-29-30(37)17-10-18-31(29)38)33(21-25-11-4-2-5-12-25)36(44)40-26-13-8-9-14-26/h2-7,10-12,15-20,22,26,33H,8-9,13-14,21,23-24H2,1H3,(H,40,44)/t33-/m0/s1. The fraction of sp³-hybridized carbons (Fsp3) is 0.278. The Morgan fingerprint density at radius 3 is 2.08 bits per heavy atom. The zero-order chi connectivity index (χ0) is 34.3. The van der Waals surface area contributed by atoms with E-state index in [4.69, 9.17) is 39.5 Å². The molecule has 0 aliphatic heterocycles. The molecule has 1 saturated carbocycles. The van der Waals surface area contributed by atoms with Crippen LogP contribution in [0.1, 0.15) is 36.8 Å². The Morgan fingerprint density at radius 1 is 0.854 bits per heavy atom. The SMILES string of the molecule is COc1ccc(N(CC(=O)N(Cc2c(Cl)cccc2Cl)[C@@H](Cc2ccccc2)C(=O)NC2CCCC2)S(=O)(=O)c2ccccc2)cc1Cl. The molecule has 0 saturated heterocycles. The van der Waals surface area contributed by atoms with E-state index in [2.05, 4.69) is 5.32 Å². The van der Waals surface area contributed by atoms with Crippen molar-refractivity contribution in [1.82, 2.24) is 10.2 Å². The van der Waals surface area contributed by atoms with Gasteiger partial charge in [0.25, 0.3) is 10.0 Å². The summed E-state index contributed by atoms with van der Waals surface area (Å²) in [5, 5.41) is 3.93. The number of ether oxygens (including phenoxy) is 1. The largest absolute Gasteiger partial charge is 0.495 e. The van der Waals surface area contributed by atoms with Crippen LogP contribution >= 0.6 is 34.8 Å². The molecular weight excluding hydrogens is 693 g/mol. The molecule has 12 heteroatoms. The molecule has 1 aliphatic carbocycles. The molecule has 0 spiro atoms. The van der Waals surface area contributed by atoms with Crippen LogP contribution in [0.15, 0.2) is 102 Å². The van der Waals surface area contributed by atoms with Gasteiger partial charge in [-0.1, -0.05) is 102 Å². The first-order valence-corrected chi connectivity index (χ1v) is 18.1. The van der Waals surface area contributed by atoms with Gasteiger partial charge in [-0.05, 0) is 60.9 Å². The van der Waals surface area contributed by atoms with Gasteiger partial charge in [0.1, 0.15) is 18.3 Å². The Labute approximate surface area is 296 Å². The van der Waals surface area contributed by atoms with Crippen LogP contribution in [-0.4, -0.2) is 50.9 Å². The minimum Gasteiger partial charge on any atom is -0.495 e. The second-order valence-corrected chi connectivity index (χ2v) is 14.6. The number of carbonyl (C=O) groups is 2. The zero-order valence-corrected chi connectivity index (χ0v) is 29.4. The van der Waals surface area contributed by atoms with Crippen LogP contribution in [0.3, 0.4) is 0 Å². The molecule has 252 valence electrons. The number of carbonyl (C=O) groups excluding carboxylic acids is 2. The van der Waals surface area contributed by atoms with Crippen LogP contribution in [-0.2, 0) is 32.6 Å². The van der Waals surface area contributed by atoms with Gasteiger partial charge < -0.3 is 15.0 Å². The van der Waals surface area contributed by atoms with E-state index in [1.165, 1.54) is 42.3 Å². The van der Waals surface area contributed by atoms with Crippen LogP contribution in [0, 0.1) is 0 Å². The third kappa shape index (κ3) is 8.44. The first-order chi connectivity index (χ1) is 23.1. The van der Waals surface area contributed by atoms with Crippen LogP contribution < -0.4 is 14.4 Å². The molecular formula is C36H36Cl3N3O5S. The molecule has 1 fully saturated rings. The van der Waals surface area contributed by atoms with Gasteiger partial charge in [-0.2, -0.15) is 0 Å². The van der Waals surface area contributed by atoms with Gasteiger partial charge in [-0.25, -0.2) is 8.42 Å². The van der Waals surface area contributed by atoms with Crippen molar-refractivity contribution >= 4 is 62.3 Å². The summed E-state index contributed by atoms with van der Waals surface area (Å²) >= 11 is 19.7. The quantitative estimate of drug-likeness (QED) is 0.154. The molecule has 0 unspecified atom stereocenters. The molecule has 0 bridgehead atoms. The summed E-state index contributed by atoms with van der Waals surface area (Å²) in [6.07, 6.45) is 3.86. The Morgan fingerprint density at radius 2 is 1.48 bits per heavy atom. The van der Waals surface area contributed by atoms with E-state index in [1.807, 2.05) is 30.3 Å². The third-order valence-corrected chi connectivity index (χ3v) is 11.2. The number of hydrogen-bond donors (Lipinski definition) is 1. The van der Waals surface area contributed by atoms with Crippen LogP contribution in [0.25, 0.3) is 0 Å². The monoisotopic (exact) mass is 727 g/mol. The van der Waals surface area contributed by atoms with Crippen LogP contribution in [0.4, 0.5) is 5.69 Å². The molecule has 2 amide bonds. The highest BCUT2D eigenvalue weighted by Gasteiger charge is 2.36. The zero-order valence-electron chi connectivity index (χ0n) is 26.3. The topological polar surface area (TPSA) is 96.0 Å². The molecule has 5 rings (SSSR count). The fourth-order valence-electron chi connectivity index (χ4n) is 5.83. The van der Waals surface area contributed by atoms with Crippen molar-refractivity contribution in [3.05, 3.63) is 123 Å². The maximum Gasteiger partial charge on any atom is 0.264 e. The molecule has 1 aliphatic rings. The lowest BCUT2D eigenvalue weighted by atomic mass is 10.0. The van der Waals surface area contributed by atoms with E-state index in [-0.39, 0.29) is 40.5 Å².